The Morgan fingerprint density at radius 1 is 1.50 bits per heavy atom. The van der Waals surface area contributed by atoms with Gasteiger partial charge >= 0.3 is 0 Å². The fourth-order valence-corrected chi connectivity index (χ4v) is 1.14. The van der Waals surface area contributed by atoms with E-state index in [1.807, 2.05) is 6.92 Å². The molecular weight excluding hydrogens is 206 g/mol. The van der Waals surface area contributed by atoms with Crippen LogP contribution in [0.2, 0.25) is 0 Å². The van der Waals surface area contributed by atoms with Crippen LogP contribution in [0.1, 0.15) is 19.8 Å². The Balaban J connectivity index is 2.25. The number of carbonyl (C=O) groups is 1. The van der Waals surface area contributed by atoms with Gasteiger partial charge in [-0.1, -0.05) is 6.92 Å². The fourth-order valence-electron chi connectivity index (χ4n) is 1.14. The summed E-state index contributed by atoms with van der Waals surface area (Å²) in [7, 11) is 0. The normalized spacial score (nSPS) is 9.81. The second-order valence-electron chi connectivity index (χ2n) is 3.35. The summed E-state index contributed by atoms with van der Waals surface area (Å²) in [6.07, 6.45) is 4.28. The zero-order chi connectivity index (χ0) is 11.8. The zero-order valence-electron chi connectivity index (χ0n) is 9.36. The van der Waals surface area contributed by atoms with Crippen LogP contribution in [0, 0.1) is 0 Å². The van der Waals surface area contributed by atoms with E-state index in [1.165, 1.54) is 12.5 Å². The summed E-state index contributed by atoms with van der Waals surface area (Å²) in [5, 5.41) is 5.77. The second kappa shape index (κ2) is 6.60. The van der Waals surface area contributed by atoms with Crippen molar-refractivity contribution in [2.75, 3.05) is 24.1 Å². The van der Waals surface area contributed by atoms with Crippen LogP contribution in [-0.4, -0.2) is 29.0 Å². The minimum absolute atomic E-state index is 0.0296. The minimum atomic E-state index is 0.0296. The number of anilines is 2. The van der Waals surface area contributed by atoms with E-state index in [0.29, 0.717) is 31.0 Å². The van der Waals surface area contributed by atoms with Crippen molar-refractivity contribution >= 4 is 17.4 Å². The van der Waals surface area contributed by atoms with Gasteiger partial charge in [-0.25, -0.2) is 9.97 Å². The monoisotopic (exact) mass is 223 g/mol. The Labute approximate surface area is 94.7 Å². The number of hydrogen-bond donors (Lipinski definition) is 3. The van der Waals surface area contributed by atoms with Crippen molar-refractivity contribution in [2.45, 2.75) is 19.8 Å². The number of nitrogens with zero attached hydrogens (tertiary/aromatic N) is 2. The minimum Gasteiger partial charge on any atom is -0.394 e. The maximum absolute atomic E-state index is 11.3. The van der Waals surface area contributed by atoms with E-state index in [1.54, 1.807) is 0 Å². The maximum Gasteiger partial charge on any atom is 0.221 e. The van der Waals surface area contributed by atoms with Gasteiger partial charge in [0.2, 0.25) is 5.91 Å². The molecule has 0 unspecified atom stereocenters. The van der Waals surface area contributed by atoms with Crippen molar-refractivity contribution < 1.29 is 4.79 Å². The summed E-state index contributed by atoms with van der Waals surface area (Å²) < 4.78 is 0. The molecule has 0 atom stereocenters. The van der Waals surface area contributed by atoms with E-state index >= 15 is 0 Å². The Bertz CT molecular complexity index is 342. The van der Waals surface area contributed by atoms with Gasteiger partial charge in [0, 0.05) is 19.5 Å². The van der Waals surface area contributed by atoms with E-state index in [2.05, 4.69) is 20.6 Å². The molecule has 0 spiro atoms. The van der Waals surface area contributed by atoms with Crippen LogP contribution in [0.15, 0.2) is 12.5 Å². The summed E-state index contributed by atoms with van der Waals surface area (Å²) in [6, 6.07) is 0. The van der Waals surface area contributed by atoms with Crippen LogP contribution < -0.4 is 16.4 Å². The Hall–Kier alpha value is -1.85. The molecule has 16 heavy (non-hydrogen) atoms. The highest BCUT2D eigenvalue weighted by Crippen LogP contribution is 2.10. The van der Waals surface area contributed by atoms with Gasteiger partial charge in [-0.3, -0.25) is 4.79 Å². The average Bonchev–Trinajstić information content (AvgIpc) is 2.29. The van der Waals surface area contributed by atoms with Crippen LogP contribution in [0.5, 0.6) is 0 Å². The number of hydrogen-bond acceptors (Lipinski definition) is 5. The lowest BCUT2D eigenvalue weighted by molar-refractivity contribution is -0.120. The molecule has 0 aliphatic rings. The van der Waals surface area contributed by atoms with E-state index in [4.69, 9.17) is 5.73 Å². The maximum atomic E-state index is 11.3. The van der Waals surface area contributed by atoms with Crippen LogP contribution in [0.25, 0.3) is 0 Å². The molecule has 6 nitrogen and oxygen atoms in total. The molecule has 0 aliphatic heterocycles. The van der Waals surface area contributed by atoms with Crippen LogP contribution in [0.3, 0.4) is 0 Å². The first-order chi connectivity index (χ1) is 7.74. The van der Waals surface area contributed by atoms with Crippen molar-refractivity contribution in [2.24, 2.45) is 0 Å². The Morgan fingerprint density at radius 2 is 2.31 bits per heavy atom. The molecule has 1 aromatic rings. The summed E-state index contributed by atoms with van der Waals surface area (Å²) in [5.74, 6) is 0.597. The smallest absolute Gasteiger partial charge is 0.221 e. The topological polar surface area (TPSA) is 92.9 Å². The fraction of sp³-hybridized carbons (Fsp3) is 0.500. The van der Waals surface area contributed by atoms with Gasteiger partial charge in [0.05, 0.1) is 11.9 Å². The number of nitrogens with two attached hydrogens (primary N) is 1. The lowest BCUT2D eigenvalue weighted by Crippen LogP contribution is -2.26. The summed E-state index contributed by atoms with van der Waals surface area (Å²) in [6.45, 7) is 3.24. The third kappa shape index (κ3) is 4.12. The van der Waals surface area contributed by atoms with Crippen LogP contribution in [-0.2, 0) is 4.79 Å². The summed E-state index contributed by atoms with van der Waals surface area (Å²) in [4.78, 5) is 19.0. The van der Waals surface area contributed by atoms with E-state index in [0.717, 1.165) is 6.42 Å². The van der Waals surface area contributed by atoms with Gasteiger partial charge in [-0.05, 0) is 6.42 Å². The molecular formula is C10H17N5O. The lowest BCUT2D eigenvalue weighted by Gasteiger charge is -2.07. The number of carbonyl (C=O) groups excluding carboxylic acids is 1. The molecule has 0 radical (unpaired) electrons. The SMILES string of the molecule is CCCNC(=O)CCNc1ncncc1N. The molecule has 1 rings (SSSR count). The molecule has 1 heterocycles. The van der Waals surface area contributed by atoms with Gasteiger partial charge in [0.25, 0.3) is 0 Å². The molecule has 6 heteroatoms. The highest BCUT2D eigenvalue weighted by molar-refractivity contribution is 5.76. The van der Waals surface area contributed by atoms with E-state index in [-0.39, 0.29) is 5.91 Å². The van der Waals surface area contributed by atoms with Gasteiger partial charge in [0.1, 0.15) is 6.33 Å². The largest absolute Gasteiger partial charge is 0.394 e. The summed E-state index contributed by atoms with van der Waals surface area (Å²) >= 11 is 0. The third-order valence-corrected chi connectivity index (χ3v) is 1.96. The van der Waals surface area contributed by atoms with E-state index < -0.39 is 0 Å². The predicted molar refractivity (Wildman–Crippen MR) is 62.9 cm³/mol. The number of amides is 1. The van der Waals surface area contributed by atoms with Crippen molar-refractivity contribution in [3.8, 4) is 0 Å². The van der Waals surface area contributed by atoms with Crippen molar-refractivity contribution in [3.63, 3.8) is 0 Å². The molecule has 1 aromatic heterocycles. The van der Waals surface area contributed by atoms with Crippen molar-refractivity contribution in [1.29, 1.82) is 0 Å². The molecule has 1 amide bonds. The standard InChI is InChI=1S/C10H17N5O/c1-2-4-13-9(16)3-5-14-10-8(11)6-12-7-15-10/h6-7H,2-5,11H2,1H3,(H,13,16)(H,12,14,15). The molecule has 0 bridgehead atoms. The highest BCUT2D eigenvalue weighted by Gasteiger charge is 2.02. The molecule has 88 valence electrons. The van der Waals surface area contributed by atoms with Gasteiger partial charge in [-0.2, -0.15) is 0 Å². The van der Waals surface area contributed by atoms with Crippen molar-refractivity contribution in [3.05, 3.63) is 12.5 Å². The Morgan fingerprint density at radius 3 is 3.00 bits per heavy atom. The highest BCUT2D eigenvalue weighted by atomic mass is 16.1. The third-order valence-electron chi connectivity index (χ3n) is 1.96. The molecule has 0 aromatic carbocycles. The molecule has 4 N–H and O–H groups in total. The lowest BCUT2D eigenvalue weighted by atomic mass is 10.3. The number of nitrogens with one attached hydrogen (secondary N) is 2. The van der Waals surface area contributed by atoms with Gasteiger partial charge < -0.3 is 16.4 Å². The first-order valence-corrected chi connectivity index (χ1v) is 5.30. The Kier molecular flexibility index (Phi) is 5.04. The molecule has 0 aliphatic carbocycles. The second-order valence-corrected chi connectivity index (χ2v) is 3.35. The van der Waals surface area contributed by atoms with Gasteiger partial charge in [-0.15, -0.1) is 0 Å². The summed E-state index contributed by atoms with van der Waals surface area (Å²) in [5.41, 5.74) is 6.11. The number of nitrogen functional groups attached to an aromatic ring is 1. The molecule has 0 saturated heterocycles. The van der Waals surface area contributed by atoms with Crippen LogP contribution >= 0.6 is 0 Å². The van der Waals surface area contributed by atoms with Gasteiger partial charge in [0.15, 0.2) is 5.82 Å². The van der Waals surface area contributed by atoms with Crippen molar-refractivity contribution in [1.82, 2.24) is 15.3 Å². The first kappa shape index (κ1) is 12.2. The number of rotatable bonds is 6. The van der Waals surface area contributed by atoms with Crippen LogP contribution in [0.4, 0.5) is 11.5 Å². The molecule has 0 fully saturated rings. The van der Waals surface area contributed by atoms with E-state index in [9.17, 15) is 4.79 Å². The average molecular weight is 223 g/mol. The first-order valence-electron chi connectivity index (χ1n) is 5.30. The number of aromatic nitrogens is 2. The quantitative estimate of drug-likeness (QED) is 0.648. The predicted octanol–water partition coefficient (Wildman–Crippen LogP) is 0.387. The zero-order valence-corrected chi connectivity index (χ0v) is 9.36. The molecule has 0 saturated carbocycles.